The van der Waals surface area contributed by atoms with Gasteiger partial charge in [-0.05, 0) is 69.4 Å². The summed E-state index contributed by atoms with van der Waals surface area (Å²) < 4.78 is 19.8. The lowest BCUT2D eigenvalue weighted by molar-refractivity contribution is -0.155. The second-order valence-corrected chi connectivity index (χ2v) is 11.1. The normalized spacial score (nSPS) is 14.3. The highest BCUT2D eigenvalue weighted by atomic mass is 19.1. The van der Waals surface area contributed by atoms with Crippen molar-refractivity contribution in [1.82, 2.24) is 15.3 Å². The van der Waals surface area contributed by atoms with Crippen molar-refractivity contribution in [3.05, 3.63) is 71.8 Å². The predicted molar refractivity (Wildman–Crippen MR) is 155 cm³/mol. The Kier molecular flexibility index (Phi) is 11.2. The molecule has 2 aromatic carbocycles. The molecule has 4 atom stereocenters. The minimum absolute atomic E-state index is 0.0353. The van der Waals surface area contributed by atoms with E-state index in [-0.39, 0.29) is 31.4 Å². The summed E-state index contributed by atoms with van der Waals surface area (Å²) in [6, 6.07) is 10.1. The molecule has 43 heavy (non-hydrogen) atoms. The fourth-order valence-electron chi connectivity index (χ4n) is 4.52. The van der Waals surface area contributed by atoms with Crippen LogP contribution in [0.25, 0.3) is 11.0 Å². The molecule has 0 spiro atoms. The molecule has 0 saturated carbocycles. The number of ether oxygens (including phenoxy) is 1. The average Bonchev–Trinajstić information content (AvgIpc) is 2.92. The molecule has 0 radical (unpaired) electrons. The summed E-state index contributed by atoms with van der Waals surface area (Å²) in [5, 5.41) is 13.0. The maximum Gasteiger partial charge on any atom is 0.323 e. The van der Waals surface area contributed by atoms with Gasteiger partial charge in [-0.1, -0.05) is 24.3 Å². The number of nitrogens with zero attached hydrogens (tertiary/aromatic N) is 2. The molecule has 0 fully saturated rings. The lowest BCUT2D eigenvalue weighted by Crippen LogP contribution is -2.50. The third-order valence-electron chi connectivity index (χ3n) is 6.81. The van der Waals surface area contributed by atoms with Gasteiger partial charge in [-0.15, -0.1) is 0 Å². The Morgan fingerprint density at radius 2 is 1.77 bits per heavy atom. The van der Waals surface area contributed by atoms with E-state index in [0.29, 0.717) is 16.6 Å². The largest absolute Gasteiger partial charge is 0.459 e. The predicted octanol–water partition coefficient (Wildman–Crippen LogP) is 1.27. The molecule has 3 amide bonds. The summed E-state index contributed by atoms with van der Waals surface area (Å²) in [5.41, 5.74) is 17.1. The van der Waals surface area contributed by atoms with Crippen LogP contribution in [-0.2, 0) is 25.5 Å². The van der Waals surface area contributed by atoms with E-state index in [0.717, 1.165) is 0 Å². The van der Waals surface area contributed by atoms with Crippen LogP contribution < -0.4 is 22.5 Å². The van der Waals surface area contributed by atoms with Gasteiger partial charge in [0.1, 0.15) is 23.7 Å². The molecule has 3 aromatic rings. The molecule has 1 heterocycles. The molecule has 13 heteroatoms. The van der Waals surface area contributed by atoms with Gasteiger partial charge in [0.25, 0.3) is 5.91 Å². The van der Waals surface area contributed by atoms with E-state index in [1.807, 2.05) is 0 Å². The first-order valence-electron chi connectivity index (χ1n) is 13.7. The van der Waals surface area contributed by atoms with Gasteiger partial charge in [0.05, 0.1) is 35.3 Å². The van der Waals surface area contributed by atoms with Crippen LogP contribution in [0.15, 0.2) is 54.7 Å². The highest BCUT2D eigenvalue weighted by molar-refractivity contribution is 5.94. The molecule has 8 N–H and O–H groups in total. The van der Waals surface area contributed by atoms with Crippen molar-refractivity contribution in [2.24, 2.45) is 23.1 Å². The number of esters is 1. The van der Waals surface area contributed by atoms with Gasteiger partial charge >= 0.3 is 5.97 Å². The monoisotopic (exact) mass is 596 g/mol. The van der Waals surface area contributed by atoms with Crippen LogP contribution in [0.4, 0.5) is 4.39 Å². The third-order valence-corrected chi connectivity index (χ3v) is 6.81. The van der Waals surface area contributed by atoms with Crippen LogP contribution in [0.5, 0.6) is 0 Å². The smallest absolute Gasteiger partial charge is 0.323 e. The fraction of sp³-hybridized carbons (Fsp3) is 0.400. The van der Waals surface area contributed by atoms with E-state index in [1.165, 1.54) is 24.4 Å². The zero-order valence-corrected chi connectivity index (χ0v) is 24.0. The number of aromatic nitrogens is 2. The molecule has 12 nitrogen and oxygen atoms in total. The van der Waals surface area contributed by atoms with Crippen molar-refractivity contribution in [1.29, 1.82) is 0 Å². The van der Waals surface area contributed by atoms with Crippen molar-refractivity contribution in [2.45, 2.75) is 69.7 Å². The summed E-state index contributed by atoms with van der Waals surface area (Å²) in [5.74, 6) is -4.65. The highest BCUT2D eigenvalue weighted by Gasteiger charge is 2.34. The number of benzene rings is 2. The first kappa shape index (κ1) is 33.0. The SMILES string of the molecule is CC(C)(O)CC[C@H](C[C@H](OC(=O)[C@@H](N)CC(N)=O)[C@H](Cc1cccc(F)c1)NC(=O)c1cnc2ccccc2n1)C(N)=O. The maximum atomic E-state index is 14.1. The zero-order valence-electron chi connectivity index (χ0n) is 24.0. The maximum absolute atomic E-state index is 14.1. The van der Waals surface area contributed by atoms with E-state index in [1.54, 1.807) is 44.2 Å². The van der Waals surface area contributed by atoms with Gasteiger partial charge in [-0.25, -0.2) is 9.37 Å². The van der Waals surface area contributed by atoms with Crippen LogP contribution >= 0.6 is 0 Å². The van der Waals surface area contributed by atoms with Crippen LogP contribution in [0, 0.1) is 11.7 Å². The van der Waals surface area contributed by atoms with Crippen LogP contribution in [0.2, 0.25) is 0 Å². The lowest BCUT2D eigenvalue weighted by Gasteiger charge is -2.31. The van der Waals surface area contributed by atoms with Crippen molar-refractivity contribution in [3.63, 3.8) is 0 Å². The minimum Gasteiger partial charge on any atom is -0.459 e. The third kappa shape index (κ3) is 10.4. The average molecular weight is 597 g/mol. The number of carbonyl (C=O) groups is 4. The molecular formula is C30H37FN6O6. The molecule has 0 saturated heterocycles. The second-order valence-electron chi connectivity index (χ2n) is 11.1. The Hall–Kier alpha value is -4.49. The summed E-state index contributed by atoms with van der Waals surface area (Å²) in [4.78, 5) is 58.9. The quantitative estimate of drug-likeness (QED) is 0.160. The van der Waals surface area contributed by atoms with Crippen molar-refractivity contribution < 1.29 is 33.4 Å². The Morgan fingerprint density at radius 1 is 1.07 bits per heavy atom. The van der Waals surface area contributed by atoms with E-state index in [9.17, 15) is 28.7 Å². The Labute approximate surface area is 248 Å². The topological polar surface area (TPSA) is 214 Å². The number of fused-ring (bicyclic) bond motifs is 1. The number of hydrogen-bond donors (Lipinski definition) is 5. The van der Waals surface area contributed by atoms with Gasteiger partial charge in [0.15, 0.2) is 0 Å². The van der Waals surface area contributed by atoms with Crippen LogP contribution in [0.1, 0.15) is 55.6 Å². The molecule has 3 rings (SSSR count). The molecule has 0 aliphatic rings. The van der Waals surface area contributed by atoms with Crippen LogP contribution in [0.3, 0.4) is 0 Å². The first-order valence-corrected chi connectivity index (χ1v) is 13.7. The molecule has 1 aromatic heterocycles. The van der Waals surface area contributed by atoms with Gasteiger partial charge in [-0.2, -0.15) is 0 Å². The number of halogens is 1. The van der Waals surface area contributed by atoms with E-state index >= 15 is 0 Å². The number of rotatable bonds is 15. The molecule has 230 valence electrons. The molecular weight excluding hydrogens is 559 g/mol. The Bertz CT molecular complexity index is 1460. The van der Waals surface area contributed by atoms with Crippen molar-refractivity contribution in [2.75, 3.05) is 0 Å². The number of nitrogens with two attached hydrogens (primary N) is 3. The Morgan fingerprint density at radius 3 is 2.40 bits per heavy atom. The van der Waals surface area contributed by atoms with Gasteiger partial charge in [-0.3, -0.25) is 24.2 Å². The number of amides is 3. The van der Waals surface area contributed by atoms with E-state index in [2.05, 4.69) is 15.3 Å². The standard InChI is InChI=1S/C30H37FN6O6/c1-30(2,42)11-10-18(27(34)39)14-25(43-29(41)20(32)15-26(33)38)23(13-17-6-5-7-19(31)12-17)37-28(40)24-16-35-21-8-3-4-9-22(21)36-24/h3-9,12,16,18,20,23,25,42H,10-11,13-15,32H2,1-2H3,(H2,33,38)(H2,34,39)(H,37,40)/t18-,20+,23+,25+/m1/s1. The number of carbonyl (C=O) groups excluding carboxylic acids is 4. The molecule has 0 aliphatic heterocycles. The number of primary amides is 2. The van der Waals surface area contributed by atoms with Crippen molar-refractivity contribution >= 4 is 34.7 Å². The zero-order chi connectivity index (χ0) is 31.7. The van der Waals surface area contributed by atoms with Gasteiger partial charge in [0.2, 0.25) is 11.8 Å². The van der Waals surface area contributed by atoms with E-state index < -0.39 is 65.6 Å². The summed E-state index contributed by atoms with van der Waals surface area (Å²) in [6.45, 7) is 3.14. The molecule has 0 aliphatic carbocycles. The van der Waals surface area contributed by atoms with Gasteiger partial charge in [0, 0.05) is 5.92 Å². The number of para-hydroxylation sites is 2. The van der Waals surface area contributed by atoms with Crippen LogP contribution in [-0.4, -0.2) is 62.6 Å². The lowest BCUT2D eigenvalue weighted by atomic mass is 9.87. The van der Waals surface area contributed by atoms with Crippen molar-refractivity contribution in [3.8, 4) is 0 Å². The van der Waals surface area contributed by atoms with Gasteiger partial charge < -0.3 is 32.4 Å². The fourth-order valence-corrected chi connectivity index (χ4v) is 4.52. The summed E-state index contributed by atoms with van der Waals surface area (Å²) in [7, 11) is 0. The minimum atomic E-state index is -1.42. The van der Waals surface area contributed by atoms with E-state index in [4.69, 9.17) is 21.9 Å². The second kappa shape index (κ2) is 14.6. The molecule has 0 bridgehead atoms. The number of hydrogen-bond acceptors (Lipinski definition) is 9. The molecule has 0 unspecified atom stereocenters. The summed E-state index contributed by atoms with van der Waals surface area (Å²) >= 11 is 0. The highest BCUT2D eigenvalue weighted by Crippen LogP contribution is 2.24. The first-order chi connectivity index (χ1) is 20.2. The number of aliphatic hydroxyl groups is 1. The Balaban J connectivity index is 2.00. The summed E-state index contributed by atoms with van der Waals surface area (Å²) in [6.07, 6.45) is -0.332. The number of nitrogens with one attached hydrogen (secondary N) is 1.